The molecule has 0 unspecified atom stereocenters. The van der Waals surface area contributed by atoms with Gasteiger partial charge in [0.05, 0.1) is 13.4 Å². The van der Waals surface area contributed by atoms with Crippen LogP contribution in [0.4, 0.5) is 0 Å². The van der Waals surface area contributed by atoms with E-state index < -0.39 is 0 Å². The number of carbonyl (C=O) groups excluding carboxylic acids is 1. The van der Waals surface area contributed by atoms with Gasteiger partial charge in [0, 0.05) is 43.2 Å². The van der Waals surface area contributed by atoms with Crippen LogP contribution in [-0.2, 0) is 4.79 Å². The number of hydrogen-bond donors (Lipinski definition) is 0. The highest BCUT2D eigenvalue weighted by atomic mass is 16.5. The van der Waals surface area contributed by atoms with Gasteiger partial charge in [0.25, 0.3) is 0 Å². The fraction of sp³-hybridized carbons (Fsp3) is 0.368. The Labute approximate surface area is 142 Å². The molecule has 1 aromatic heterocycles. The molecule has 0 spiro atoms. The highest BCUT2D eigenvalue weighted by Crippen LogP contribution is 2.26. The van der Waals surface area contributed by atoms with E-state index in [2.05, 4.69) is 9.55 Å². The zero-order valence-corrected chi connectivity index (χ0v) is 14.2. The number of likely N-dealkylation sites (tertiary alicyclic amines) is 1. The van der Waals surface area contributed by atoms with Crippen LogP contribution in [0.5, 0.6) is 5.75 Å². The van der Waals surface area contributed by atoms with E-state index in [-0.39, 0.29) is 5.91 Å². The summed E-state index contributed by atoms with van der Waals surface area (Å²) in [6, 6.07) is 8.21. The van der Waals surface area contributed by atoms with E-state index in [1.165, 1.54) is 0 Å². The molecule has 1 aromatic carbocycles. The number of rotatable bonds is 4. The molecule has 0 aliphatic carbocycles. The Morgan fingerprint density at radius 1 is 1.29 bits per heavy atom. The first kappa shape index (κ1) is 16.3. The standard InChI is InChI=1S/C19H23N3O2/c1-15(17-5-3-4-6-18(17)24-2)13-19(23)21-10-7-16(8-11-21)22-12-9-20-14-22/h3-6,9,12-14,16H,7-8,10-11H2,1-2H3/b15-13+. The van der Waals surface area contributed by atoms with Crippen LogP contribution in [0.2, 0.25) is 0 Å². The summed E-state index contributed by atoms with van der Waals surface area (Å²) in [6.45, 7) is 3.50. The number of hydrogen-bond acceptors (Lipinski definition) is 3. The molecule has 1 fully saturated rings. The summed E-state index contributed by atoms with van der Waals surface area (Å²) in [5, 5.41) is 0. The maximum absolute atomic E-state index is 12.6. The third-order valence-electron chi connectivity index (χ3n) is 4.59. The van der Waals surface area contributed by atoms with Crippen molar-refractivity contribution in [1.82, 2.24) is 14.5 Å². The summed E-state index contributed by atoms with van der Waals surface area (Å²) in [5.41, 5.74) is 1.89. The monoisotopic (exact) mass is 325 g/mol. The van der Waals surface area contributed by atoms with Gasteiger partial charge in [-0.25, -0.2) is 4.98 Å². The summed E-state index contributed by atoms with van der Waals surface area (Å²) >= 11 is 0. The van der Waals surface area contributed by atoms with Crippen molar-refractivity contribution in [2.24, 2.45) is 0 Å². The molecule has 0 saturated carbocycles. The van der Waals surface area contributed by atoms with Gasteiger partial charge in [-0.05, 0) is 31.4 Å². The SMILES string of the molecule is COc1ccccc1/C(C)=C/C(=O)N1CCC(n2ccnc2)CC1. The normalized spacial score (nSPS) is 16.2. The first-order valence-electron chi connectivity index (χ1n) is 8.27. The van der Waals surface area contributed by atoms with Gasteiger partial charge in [0.15, 0.2) is 0 Å². The smallest absolute Gasteiger partial charge is 0.246 e. The summed E-state index contributed by atoms with van der Waals surface area (Å²) in [7, 11) is 1.65. The van der Waals surface area contributed by atoms with E-state index in [0.29, 0.717) is 6.04 Å². The molecule has 1 aliphatic rings. The summed E-state index contributed by atoms with van der Waals surface area (Å²) in [6.07, 6.45) is 9.29. The average molecular weight is 325 g/mol. The number of nitrogens with zero attached hydrogens (tertiary/aromatic N) is 3. The largest absolute Gasteiger partial charge is 0.496 e. The minimum absolute atomic E-state index is 0.0717. The van der Waals surface area contributed by atoms with Crippen LogP contribution in [0.25, 0.3) is 5.57 Å². The van der Waals surface area contributed by atoms with Gasteiger partial charge in [-0.15, -0.1) is 0 Å². The molecular formula is C19H23N3O2. The van der Waals surface area contributed by atoms with Gasteiger partial charge in [-0.1, -0.05) is 18.2 Å². The van der Waals surface area contributed by atoms with Crippen molar-refractivity contribution < 1.29 is 9.53 Å². The number of benzene rings is 1. The van der Waals surface area contributed by atoms with Crippen LogP contribution in [0.15, 0.2) is 49.1 Å². The molecule has 0 bridgehead atoms. The predicted octanol–water partition coefficient (Wildman–Crippen LogP) is 3.16. The number of allylic oxidation sites excluding steroid dienone is 1. The van der Waals surface area contributed by atoms with Crippen molar-refractivity contribution in [1.29, 1.82) is 0 Å². The second-order valence-electron chi connectivity index (χ2n) is 6.09. The third-order valence-corrected chi connectivity index (χ3v) is 4.59. The van der Waals surface area contributed by atoms with Gasteiger partial charge < -0.3 is 14.2 Å². The lowest BCUT2D eigenvalue weighted by Crippen LogP contribution is -2.38. The van der Waals surface area contributed by atoms with Crippen LogP contribution in [0.3, 0.4) is 0 Å². The Morgan fingerprint density at radius 3 is 2.71 bits per heavy atom. The number of aromatic nitrogens is 2. The summed E-state index contributed by atoms with van der Waals surface area (Å²) < 4.78 is 7.51. The van der Waals surface area contributed by atoms with Crippen LogP contribution >= 0.6 is 0 Å². The van der Waals surface area contributed by atoms with Crippen LogP contribution in [-0.4, -0.2) is 40.6 Å². The topological polar surface area (TPSA) is 47.4 Å². The van der Waals surface area contributed by atoms with E-state index in [9.17, 15) is 4.79 Å². The Bertz CT molecular complexity index is 714. The van der Waals surface area contributed by atoms with Gasteiger partial charge in [0.2, 0.25) is 5.91 Å². The molecule has 5 nitrogen and oxygen atoms in total. The molecule has 2 heterocycles. The lowest BCUT2D eigenvalue weighted by molar-refractivity contribution is -0.127. The van der Waals surface area contributed by atoms with E-state index in [0.717, 1.165) is 42.8 Å². The van der Waals surface area contributed by atoms with Crippen molar-refractivity contribution in [3.05, 3.63) is 54.6 Å². The number of carbonyl (C=O) groups is 1. The Morgan fingerprint density at radius 2 is 2.04 bits per heavy atom. The number of para-hydroxylation sites is 1. The summed E-state index contributed by atoms with van der Waals surface area (Å²) in [5.74, 6) is 0.861. The van der Waals surface area contributed by atoms with Gasteiger partial charge in [-0.3, -0.25) is 4.79 Å². The molecule has 5 heteroatoms. The van der Waals surface area contributed by atoms with Crippen molar-refractivity contribution >= 4 is 11.5 Å². The number of methoxy groups -OCH3 is 1. The van der Waals surface area contributed by atoms with E-state index >= 15 is 0 Å². The molecule has 1 saturated heterocycles. The molecule has 24 heavy (non-hydrogen) atoms. The first-order valence-corrected chi connectivity index (χ1v) is 8.27. The molecule has 1 aliphatic heterocycles. The van der Waals surface area contributed by atoms with Gasteiger partial charge in [0.1, 0.15) is 5.75 Å². The third kappa shape index (κ3) is 3.50. The zero-order chi connectivity index (χ0) is 16.9. The molecule has 0 radical (unpaired) electrons. The fourth-order valence-electron chi connectivity index (χ4n) is 3.19. The quantitative estimate of drug-likeness (QED) is 0.811. The zero-order valence-electron chi connectivity index (χ0n) is 14.2. The van der Waals surface area contributed by atoms with Crippen LogP contribution < -0.4 is 4.74 Å². The van der Waals surface area contributed by atoms with E-state index in [1.807, 2.05) is 48.6 Å². The average Bonchev–Trinajstić information content (AvgIpc) is 3.16. The number of imidazole rings is 1. The highest BCUT2D eigenvalue weighted by molar-refractivity contribution is 5.95. The second-order valence-corrected chi connectivity index (χ2v) is 6.09. The van der Waals surface area contributed by atoms with Crippen molar-refractivity contribution in [3.63, 3.8) is 0 Å². The molecular weight excluding hydrogens is 302 g/mol. The highest BCUT2D eigenvalue weighted by Gasteiger charge is 2.22. The van der Waals surface area contributed by atoms with Gasteiger partial charge >= 0.3 is 0 Å². The number of piperidine rings is 1. The van der Waals surface area contributed by atoms with E-state index in [1.54, 1.807) is 19.4 Å². The molecule has 1 amide bonds. The number of ether oxygens (including phenoxy) is 1. The molecule has 3 rings (SSSR count). The van der Waals surface area contributed by atoms with Crippen molar-refractivity contribution in [2.45, 2.75) is 25.8 Å². The van der Waals surface area contributed by atoms with Crippen molar-refractivity contribution in [3.8, 4) is 5.75 Å². The molecule has 126 valence electrons. The lowest BCUT2D eigenvalue weighted by Gasteiger charge is -2.32. The molecule has 2 aromatic rings. The lowest BCUT2D eigenvalue weighted by atomic mass is 10.0. The van der Waals surface area contributed by atoms with E-state index in [4.69, 9.17) is 4.74 Å². The molecule has 0 atom stereocenters. The summed E-state index contributed by atoms with van der Waals surface area (Å²) in [4.78, 5) is 18.6. The Hall–Kier alpha value is -2.56. The predicted molar refractivity (Wildman–Crippen MR) is 93.7 cm³/mol. The van der Waals surface area contributed by atoms with Crippen LogP contribution in [0, 0.1) is 0 Å². The number of amides is 1. The van der Waals surface area contributed by atoms with Crippen molar-refractivity contribution in [2.75, 3.05) is 20.2 Å². The minimum Gasteiger partial charge on any atom is -0.496 e. The second kappa shape index (κ2) is 7.34. The maximum Gasteiger partial charge on any atom is 0.246 e. The maximum atomic E-state index is 12.6. The van der Waals surface area contributed by atoms with Gasteiger partial charge in [-0.2, -0.15) is 0 Å². The fourth-order valence-corrected chi connectivity index (χ4v) is 3.19. The Balaban J connectivity index is 1.65. The Kier molecular flexibility index (Phi) is 4.99. The molecule has 0 N–H and O–H groups in total. The van der Waals surface area contributed by atoms with Crippen LogP contribution in [0.1, 0.15) is 31.4 Å². The minimum atomic E-state index is 0.0717. The first-order chi connectivity index (χ1) is 11.7.